The van der Waals surface area contributed by atoms with Crippen molar-refractivity contribution in [1.82, 2.24) is 0 Å². The molecule has 0 saturated carbocycles. The summed E-state index contributed by atoms with van der Waals surface area (Å²) >= 11 is 0. The van der Waals surface area contributed by atoms with E-state index in [2.05, 4.69) is 13.8 Å². The molecule has 0 heterocycles. The van der Waals surface area contributed by atoms with Gasteiger partial charge in [0.1, 0.15) is 6.10 Å². The van der Waals surface area contributed by atoms with Crippen LogP contribution in [0.25, 0.3) is 0 Å². The summed E-state index contributed by atoms with van der Waals surface area (Å²) in [5.74, 6) is -0.00329. The van der Waals surface area contributed by atoms with Crippen LogP contribution in [0.2, 0.25) is 0 Å². The highest BCUT2D eigenvalue weighted by molar-refractivity contribution is 5.69. The lowest BCUT2D eigenvalue weighted by molar-refractivity contribution is -0.150. The SMILES string of the molecule is CCCCC(CCC)OC(=O)CCCCCCCOC. The molecular weight excluding hydrogens is 252 g/mol. The Balaban J connectivity index is 3.58. The third kappa shape index (κ3) is 12.5. The summed E-state index contributed by atoms with van der Waals surface area (Å²) in [6, 6.07) is 0. The van der Waals surface area contributed by atoms with Crippen molar-refractivity contribution in [3.63, 3.8) is 0 Å². The first-order valence-corrected chi connectivity index (χ1v) is 8.43. The molecule has 0 aliphatic heterocycles. The van der Waals surface area contributed by atoms with Crippen LogP contribution < -0.4 is 0 Å². The van der Waals surface area contributed by atoms with Gasteiger partial charge >= 0.3 is 5.97 Å². The van der Waals surface area contributed by atoms with Crippen molar-refractivity contribution in [2.24, 2.45) is 0 Å². The smallest absolute Gasteiger partial charge is 0.306 e. The molecular formula is C17H34O3. The molecule has 0 aliphatic rings. The van der Waals surface area contributed by atoms with Gasteiger partial charge in [-0.1, -0.05) is 52.4 Å². The summed E-state index contributed by atoms with van der Waals surface area (Å²) in [6.45, 7) is 5.17. The number of carbonyl (C=O) groups excluding carboxylic acids is 1. The van der Waals surface area contributed by atoms with Crippen LogP contribution in [0.1, 0.15) is 84.5 Å². The van der Waals surface area contributed by atoms with E-state index in [1.807, 2.05) is 0 Å². The summed E-state index contributed by atoms with van der Waals surface area (Å²) in [5.41, 5.74) is 0. The second-order valence-electron chi connectivity index (χ2n) is 5.55. The highest BCUT2D eigenvalue weighted by Crippen LogP contribution is 2.13. The van der Waals surface area contributed by atoms with Crippen LogP contribution in [0.15, 0.2) is 0 Å². The van der Waals surface area contributed by atoms with Gasteiger partial charge in [-0.3, -0.25) is 4.79 Å². The van der Waals surface area contributed by atoms with Crippen LogP contribution in [-0.2, 0) is 14.3 Å². The number of carbonyl (C=O) groups is 1. The predicted molar refractivity (Wildman–Crippen MR) is 83.9 cm³/mol. The fraction of sp³-hybridized carbons (Fsp3) is 0.941. The Bertz CT molecular complexity index is 216. The van der Waals surface area contributed by atoms with Gasteiger partial charge in [0.05, 0.1) is 0 Å². The molecule has 0 N–H and O–H groups in total. The van der Waals surface area contributed by atoms with Gasteiger partial charge in [-0.15, -0.1) is 0 Å². The summed E-state index contributed by atoms with van der Waals surface area (Å²) in [6.07, 6.45) is 11.7. The molecule has 0 aromatic rings. The number of hydrogen-bond donors (Lipinski definition) is 0. The zero-order chi connectivity index (χ0) is 15.1. The fourth-order valence-electron chi connectivity index (χ4n) is 2.31. The molecule has 0 amide bonds. The zero-order valence-electron chi connectivity index (χ0n) is 13.8. The zero-order valence-corrected chi connectivity index (χ0v) is 13.8. The number of methoxy groups -OCH3 is 1. The van der Waals surface area contributed by atoms with Crippen LogP contribution in [0, 0.1) is 0 Å². The topological polar surface area (TPSA) is 35.5 Å². The number of esters is 1. The van der Waals surface area contributed by atoms with Gasteiger partial charge in [0.15, 0.2) is 0 Å². The Morgan fingerprint density at radius 3 is 2.25 bits per heavy atom. The lowest BCUT2D eigenvalue weighted by Gasteiger charge is -2.17. The lowest BCUT2D eigenvalue weighted by Crippen LogP contribution is -2.18. The molecule has 1 unspecified atom stereocenters. The third-order valence-corrected chi connectivity index (χ3v) is 3.52. The monoisotopic (exact) mass is 286 g/mol. The van der Waals surface area contributed by atoms with E-state index < -0.39 is 0 Å². The maximum Gasteiger partial charge on any atom is 0.306 e. The molecule has 0 spiro atoms. The standard InChI is InChI=1S/C17H34O3/c1-4-6-13-16(12-5-2)20-17(18)14-10-8-7-9-11-15-19-3/h16H,4-15H2,1-3H3. The van der Waals surface area contributed by atoms with E-state index in [0.717, 1.165) is 51.6 Å². The van der Waals surface area contributed by atoms with Crippen LogP contribution in [0.5, 0.6) is 0 Å². The van der Waals surface area contributed by atoms with E-state index in [0.29, 0.717) is 6.42 Å². The molecule has 20 heavy (non-hydrogen) atoms. The largest absolute Gasteiger partial charge is 0.462 e. The van der Waals surface area contributed by atoms with Crippen LogP contribution >= 0.6 is 0 Å². The van der Waals surface area contributed by atoms with Gasteiger partial charge < -0.3 is 9.47 Å². The summed E-state index contributed by atoms with van der Waals surface area (Å²) < 4.78 is 10.6. The molecule has 1 atom stereocenters. The van der Waals surface area contributed by atoms with Gasteiger partial charge in [-0.05, 0) is 25.7 Å². The molecule has 0 aromatic heterocycles. The number of ether oxygens (including phenoxy) is 2. The normalized spacial score (nSPS) is 12.3. The molecule has 0 aromatic carbocycles. The Hall–Kier alpha value is -0.570. The molecule has 0 radical (unpaired) electrons. The summed E-state index contributed by atoms with van der Waals surface area (Å²) in [7, 11) is 1.74. The van der Waals surface area contributed by atoms with Crippen molar-refractivity contribution < 1.29 is 14.3 Å². The first-order chi connectivity index (χ1) is 9.74. The third-order valence-electron chi connectivity index (χ3n) is 3.52. The molecule has 3 nitrogen and oxygen atoms in total. The fourth-order valence-corrected chi connectivity index (χ4v) is 2.31. The van der Waals surface area contributed by atoms with Gasteiger partial charge in [-0.25, -0.2) is 0 Å². The minimum Gasteiger partial charge on any atom is -0.462 e. The highest BCUT2D eigenvalue weighted by Gasteiger charge is 2.12. The molecule has 0 saturated heterocycles. The van der Waals surface area contributed by atoms with Crippen molar-refractivity contribution in [2.75, 3.05) is 13.7 Å². The van der Waals surface area contributed by atoms with Crippen LogP contribution in [-0.4, -0.2) is 25.8 Å². The van der Waals surface area contributed by atoms with E-state index in [1.165, 1.54) is 19.3 Å². The van der Waals surface area contributed by atoms with Gasteiger partial charge in [0.2, 0.25) is 0 Å². The van der Waals surface area contributed by atoms with Crippen LogP contribution in [0.4, 0.5) is 0 Å². The van der Waals surface area contributed by atoms with Gasteiger partial charge in [-0.2, -0.15) is 0 Å². The van der Waals surface area contributed by atoms with E-state index in [1.54, 1.807) is 7.11 Å². The minimum atomic E-state index is -0.00329. The van der Waals surface area contributed by atoms with Crippen molar-refractivity contribution in [2.45, 2.75) is 90.6 Å². The Labute approximate surface area is 125 Å². The Morgan fingerprint density at radius 2 is 1.60 bits per heavy atom. The van der Waals surface area contributed by atoms with Gasteiger partial charge in [0, 0.05) is 20.1 Å². The van der Waals surface area contributed by atoms with E-state index in [9.17, 15) is 4.79 Å². The molecule has 120 valence electrons. The van der Waals surface area contributed by atoms with Crippen molar-refractivity contribution >= 4 is 5.97 Å². The predicted octanol–water partition coefficient (Wildman–Crippen LogP) is 4.88. The number of hydrogen-bond acceptors (Lipinski definition) is 3. The highest BCUT2D eigenvalue weighted by atomic mass is 16.5. The molecule has 0 bridgehead atoms. The van der Waals surface area contributed by atoms with E-state index in [4.69, 9.17) is 9.47 Å². The number of rotatable bonds is 14. The average molecular weight is 286 g/mol. The first-order valence-electron chi connectivity index (χ1n) is 8.43. The molecule has 0 fully saturated rings. The van der Waals surface area contributed by atoms with Crippen molar-refractivity contribution in [3.8, 4) is 0 Å². The first kappa shape index (κ1) is 19.4. The molecule has 0 rings (SSSR count). The minimum absolute atomic E-state index is 0.00329. The molecule has 3 heteroatoms. The molecule has 0 aliphatic carbocycles. The quantitative estimate of drug-likeness (QED) is 0.337. The number of unbranched alkanes of at least 4 members (excludes halogenated alkanes) is 5. The van der Waals surface area contributed by atoms with Crippen LogP contribution in [0.3, 0.4) is 0 Å². The lowest BCUT2D eigenvalue weighted by atomic mass is 10.1. The summed E-state index contributed by atoms with van der Waals surface area (Å²) in [4.78, 5) is 11.8. The van der Waals surface area contributed by atoms with E-state index in [-0.39, 0.29) is 12.1 Å². The van der Waals surface area contributed by atoms with Crippen molar-refractivity contribution in [1.29, 1.82) is 0 Å². The summed E-state index contributed by atoms with van der Waals surface area (Å²) in [5, 5.41) is 0. The second-order valence-corrected chi connectivity index (χ2v) is 5.55. The van der Waals surface area contributed by atoms with Crippen molar-refractivity contribution in [3.05, 3.63) is 0 Å². The Morgan fingerprint density at radius 1 is 0.900 bits per heavy atom. The van der Waals surface area contributed by atoms with Gasteiger partial charge in [0.25, 0.3) is 0 Å². The second kappa shape index (κ2) is 14.8. The maximum atomic E-state index is 11.8. The maximum absolute atomic E-state index is 11.8. The Kier molecular flexibility index (Phi) is 14.4. The average Bonchev–Trinajstić information content (AvgIpc) is 2.44. The van der Waals surface area contributed by atoms with E-state index >= 15 is 0 Å².